The Morgan fingerprint density at radius 1 is 1.42 bits per heavy atom. The third-order valence-electron chi connectivity index (χ3n) is 3.93. The van der Waals surface area contributed by atoms with E-state index in [0.717, 1.165) is 24.2 Å². The molecule has 0 radical (unpaired) electrons. The van der Waals surface area contributed by atoms with Crippen molar-refractivity contribution in [3.63, 3.8) is 0 Å². The first kappa shape index (κ1) is 16.8. The molecule has 0 bridgehead atoms. The molecule has 0 atom stereocenters. The Bertz CT molecular complexity index is 683. The third-order valence-corrected chi connectivity index (χ3v) is 4.78. The smallest absolute Gasteiger partial charge is 0.230 e. The number of amides is 1. The molecule has 128 valence electrons. The number of aryl methyl sites for hydroxylation is 1. The number of rotatable bonds is 7. The number of nitrogens with zero attached hydrogens (tertiary/aromatic N) is 2. The lowest BCUT2D eigenvalue weighted by Crippen LogP contribution is -2.33. The lowest BCUT2D eigenvalue weighted by molar-refractivity contribution is -0.119. The molecule has 0 spiro atoms. The van der Waals surface area contributed by atoms with E-state index in [1.165, 1.54) is 24.6 Å². The zero-order valence-electron chi connectivity index (χ0n) is 13.7. The molecule has 1 aliphatic rings. The molecule has 1 aromatic heterocycles. The zero-order chi connectivity index (χ0) is 16.8. The van der Waals surface area contributed by atoms with Crippen molar-refractivity contribution in [2.24, 2.45) is 0 Å². The van der Waals surface area contributed by atoms with Crippen LogP contribution in [0.25, 0.3) is 0 Å². The van der Waals surface area contributed by atoms with Gasteiger partial charge in [0, 0.05) is 6.04 Å². The van der Waals surface area contributed by atoms with E-state index in [-0.39, 0.29) is 5.91 Å². The first-order chi connectivity index (χ1) is 11.7. The van der Waals surface area contributed by atoms with Crippen LogP contribution in [0.2, 0.25) is 0 Å². The predicted molar refractivity (Wildman–Crippen MR) is 93.0 cm³/mol. The van der Waals surface area contributed by atoms with Gasteiger partial charge in [0.2, 0.25) is 11.1 Å². The average Bonchev–Trinajstić information content (AvgIpc) is 3.23. The molecule has 3 rings (SSSR count). The van der Waals surface area contributed by atoms with E-state index in [1.54, 1.807) is 0 Å². The van der Waals surface area contributed by atoms with Gasteiger partial charge in [0.1, 0.15) is 12.4 Å². The molecule has 1 aromatic carbocycles. The summed E-state index contributed by atoms with van der Waals surface area (Å²) in [5.41, 5.74) is 1.15. The summed E-state index contributed by atoms with van der Waals surface area (Å²) in [4.78, 5) is 16.2. The van der Waals surface area contributed by atoms with Gasteiger partial charge in [-0.1, -0.05) is 36.7 Å². The summed E-state index contributed by atoms with van der Waals surface area (Å²) in [5, 5.41) is 10.6. The van der Waals surface area contributed by atoms with Gasteiger partial charge in [-0.25, -0.2) is 4.98 Å². The van der Waals surface area contributed by atoms with E-state index < -0.39 is 0 Å². The fourth-order valence-electron chi connectivity index (χ4n) is 2.73. The van der Waals surface area contributed by atoms with E-state index in [9.17, 15) is 4.79 Å². The number of aromatic nitrogens is 3. The first-order valence-electron chi connectivity index (χ1n) is 8.22. The number of hydrogen-bond donors (Lipinski definition) is 2. The Labute approximate surface area is 145 Å². The maximum absolute atomic E-state index is 11.9. The molecule has 2 aromatic rings. The number of aromatic amines is 1. The highest BCUT2D eigenvalue weighted by molar-refractivity contribution is 7.99. The monoisotopic (exact) mass is 346 g/mol. The van der Waals surface area contributed by atoms with Crippen LogP contribution in [0.15, 0.2) is 29.4 Å². The van der Waals surface area contributed by atoms with Crippen molar-refractivity contribution < 1.29 is 9.53 Å². The summed E-state index contributed by atoms with van der Waals surface area (Å²) in [6.45, 7) is 2.35. The first-order valence-corrected chi connectivity index (χ1v) is 9.20. The number of hydrogen-bond acceptors (Lipinski definition) is 5. The summed E-state index contributed by atoms with van der Waals surface area (Å²) in [5.74, 6) is 1.84. The average molecular weight is 346 g/mol. The summed E-state index contributed by atoms with van der Waals surface area (Å²) >= 11 is 1.34. The maximum atomic E-state index is 11.9. The minimum Gasteiger partial charge on any atom is -0.486 e. The second-order valence-corrected chi connectivity index (χ2v) is 6.95. The topological polar surface area (TPSA) is 79.9 Å². The Balaban J connectivity index is 1.42. The lowest BCUT2D eigenvalue weighted by atomic mass is 10.2. The van der Waals surface area contributed by atoms with Crippen molar-refractivity contribution in [3.8, 4) is 5.75 Å². The van der Waals surface area contributed by atoms with Gasteiger partial charge in [0.05, 0.1) is 5.75 Å². The predicted octanol–water partition coefficient (Wildman–Crippen LogP) is 2.84. The van der Waals surface area contributed by atoms with Gasteiger partial charge in [-0.05, 0) is 37.5 Å². The van der Waals surface area contributed by atoms with Crippen molar-refractivity contribution in [2.75, 3.05) is 5.75 Å². The van der Waals surface area contributed by atoms with Crippen LogP contribution in [-0.4, -0.2) is 32.9 Å². The van der Waals surface area contributed by atoms with E-state index >= 15 is 0 Å². The van der Waals surface area contributed by atoms with Crippen molar-refractivity contribution in [1.29, 1.82) is 0 Å². The molecule has 24 heavy (non-hydrogen) atoms. The van der Waals surface area contributed by atoms with Crippen LogP contribution in [0.3, 0.4) is 0 Å². The number of thioether (sulfide) groups is 1. The third kappa shape index (κ3) is 4.99. The lowest BCUT2D eigenvalue weighted by Gasteiger charge is -2.10. The number of H-pyrrole nitrogens is 1. The van der Waals surface area contributed by atoms with Gasteiger partial charge < -0.3 is 10.1 Å². The summed E-state index contributed by atoms with van der Waals surface area (Å²) in [6.07, 6.45) is 4.61. The SMILES string of the molecule is Cc1cccc(OCc2nc(SCC(=O)NC3CCCC3)n[nH]2)c1. The van der Waals surface area contributed by atoms with Gasteiger partial charge in [0.25, 0.3) is 0 Å². The normalized spacial score (nSPS) is 14.7. The molecule has 1 heterocycles. The highest BCUT2D eigenvalue weighted by atomic mass is 32.2. The molecule has 6 nitrogen and oxygen atoms in total. The van der Waals surface area contributed by atoms with Crippen LogP contribution in [-0.2, 0) is 11.4 Å². The fraction of sp³-hybridized carbons (Fsp3) is 0.471. The molecular weight excluding hydrogens is 324 g/mol. The Morgan fingerprint density at radius 3 is 3.04 bits per heavy atom. The van der Waals surface area contributed by atoms with Crippen molar-refractivity contribution in [1.82, 2.24) is 20.5 Å². The van der Waals surface area contributed by atoms with E-state index in [4.69, 9.17) is 4.74 Å². The number of carbonyl (C=O) groups is 1. The van der Waals surface area contributed by atoms with Gasteiger partial charge in [-0.2, -0.15) is 0 Å². The standard InChI is InChI=1S/C17H22N4O2S/c1-12-5-4-8-14(9-12)23-10-15-19-17(21-20-15)24-11-16(22)18-13-6-2-3-7-13/h4-5,8-9,13H,2-3,6-7,10-11H2,1H3,(H,18,22)(H,19,20,21). The van der Waals surface area contributed by atoms with E-state index in [2.05, 4.69) is 20.5 Å². The van der Waals surface area contributed by atoms with Crippen molar-refractivity contribution >= 4 is 17.7 Å². The fourth-order valence-corrected chi connectivity index (χ4v) is 3.36. The minimum absolute atomic E-state index is 0.0502. The maximum Gasteiger partial charge on any atom is 0.230 e. The second-order valence-electron chi connectivity index (χ2n) is 6.01. The Kier molecular flexibility index (Phi) is 5.74. The van der Waals surface area contributed by atoms with Gasteiger partial charge in [0.15, 0.2) is 5.82 Å². The molecule has 1 aliphatic carbocycles. The van der Waals surface area contributed by atoms with E-state index in [1.807, 2.05) is 31.2 Å². The van der Waals surface area contributed by atoms with Gasteiger partial charge >= 0.3 is 0 Å². The van der Waals surface area contributed by atoms with Crippen LogP contribution in [0, 0.1) is 6.92 Å². The Morgan fingerprint density at radius 2 is 2.25 bits per heavy atom. The molecule has 0 saturated heterocycles. The highest BCUT2D eigenvalue weighted by Gasteiger charge is 2.17. The molecule has 1 saturated carbocycles. The second kappa shape index (κ2) is 8.19. The number of nitrogens with one attached hydrogen (secondary N) is 2. The van der Waals surface area contributed by atoms with Crippen LogP contribution in [0.5, 0.6) is 5.75 Å². The quantitative estimate of drug-likeness (QED) is 0.754. The highest BCUT2D eigenvalue weighted by Crippen LogP contribution is 2.19. The van der Waals surface area contributed by atoms with Gasteiger partial charge in [-0.15, -0.1) is 5.10 Å². The molecule has 7 heteroatoms. The zero-order valence-corrected chi connectivity index (χ0v) is 14.6. The molecular formula is C17H22N4O2S. The Hall–Kier alpha value is -2.02. The van der Waals surface area contributed by atoms with Crippen molar-refractivity contribution in [2.45, 2.75) is 50.4 Å². The summed E-state index contributed by atoms with van der Waals surface area (Å²) in [7, 11) is 0. The van der Waals surface area contributed by atoms with Crippen LogP contribution in [0.4, 0.5) is 0 Å². The van der Waals surface area contributed by atoms with Crippen LogP contribution < -0.4 is 10.1 Å². The molecule has 1 amide bonds. The molecule has 2 N–H and O–H groups in total. The van der Waals surface area contributed by atoms with Gasteiger partial charge in [-0.3, -0.25) is 9.89 Å². The number of ether oxygens (including phenoxy) is 1. The summed E-state index contributed by atoms with van der Waals surface area (Å²) in [6, 6.07) is 8.21. The molecule has 0 unspecified atom stereocenters. The molecule has 0 aliphatic heterocycles. The summed E-state index contributed by atoms with van der Waals surface area (Å²) < 4.78 is 5.68. The van der Waals surface area contributed by atoms with E-state index in [0.29, 0.717) is 29.4 Å². The van der Waals surface area contributed by atoms with Crippen LogP contribution >= 0.6 is 11.8 Å². The van der Waals surface area contributed by atoms with Crippen molar-refractivity contribution in [3.05, 3.63) is 35.7 Å². The van der Waals surface area contributed by atoms with Crippen LogP contribution in [0.1, 0.15) is 37.1 Å². The minimum atomic E-state index is 0.0502. The largest absolute Gasteiger partial charge is 0.486 e. The number of benzene rings is 1. The molecule has 1 fully saturated rings. The number of carbonyl (C=O) groups excluding carboxylic acids is 1.